The van der Waals surface area contributed by atoms with Gasteiger partial charge in [-0.1, -0.05) is 23.8 Å². The van der Waals surface area contributed by atoms with Crippen molar-refractivity contribution in [1.29, 1.82) is 0 Å². The normalized spacial score (nSPS) is 14.3. The van der Waals surface area contributed by atoms with Crippen LogP contribution in [0.15, 0.2) is 48.2 Å². The van der Waals surface area contributed by atoms with E-state index in [-0.39, 0.29) is 12.3 Å². The molecule has 2 aromatic rings. The van der Waals surface area contributed by atoms with E-state index in [0.29, 0.717) is 22.7 Å². The molecular weight excluding hydrogens is 416 g/mol. The van der Waals surface area contributed by atoms with Gasteiger partial charge in [0.1, 0.15) is 12.2 Å². The number of nitrogens with zero attached hydrogens (tertiary/aromatic N) is 1. The van der Waals surface area contributed by atoms with Crippen LogP contribution in [0.1, 0.15) is 11.1 Å². The fourth-order valence-corrected chi connectivity index (χ4v) is 2.90. The molecule has 1 aliphatic heterocycles. The number of aryl methyl sites for hydroxylation is 1. The lowest BCUT2D eigenvalue weighted by Gasteiger charge is -2.12. The van der Waals surface area contributed by atoms with E-state index < -0.39 is 30.3 Å². The van der Waals surface area contributed by atoms with Crippen molar-refractivity contribution >= 4 is 35.5 Å². The second-order valence-electron chi connectivity index (χ2n) is 6.96. The van der Waals surface area contributed by atoms with Gasteiger partial charge in [-0.05, 0) is 42.8 Å². The zero-order valence-corrected chi connectivity index (χ0v) is 17.5. The number of carbonyl (C=O) groups excluding carboxylic acids is 4. The highest BCUT2D eigenvalue weighted by atomic mass is 16.5. The Balaban J connectivity index is 1.70. The molecule has 0 unspecified atom stereocenters. The molecule has 0 saturated carbocycles. The molecule has 3 rings (SSSR count). The van der Waals surface area contributed by atoms with Crippen LogP contribution in [-0.4, -0.2) is 48.9 Å². The summed E-state index contributed by atoms with van der Waals surface area (Å²) < 4.78 is 10.5. The van der Waals surface area contributed by atoms with E-state index in [1.54, 1.807) is 30.3 Å². The van der Waals surface area contributed by atoms with E-state index in [1.807, 2.05) is 19.1 Å². The standard InChI is InChI=1S/C22H22N4O6/c1-13-3-6-15(7-4-13)24-20(28)11-26-21(29)16(25-22(26)30)9-14-5-8-17(18(10-14)31-2)32-12-19(23)27/h3-10H,11-12H2,1-2H3,(H2,23,27)(H,24,28)(H,25,30)/b16-9+. The first kappa shape index (κ1) is 22.3. The van der Waals surface area contributed by atoms with Crippen molar-refractivity contribution in [2.24, 2.45) is 5.73 Å². The van der Waals surface area contributed by atoms with Crippen LogP contribution in [0, 0.1) is 6.92 Å². The third-order valence-corrected chi connectivity index (χ3v) is 4.47. The fraction of sp³-hybridized carbons (Fsp3) is 0.182. The quantitative estimate of drug-likeness (QED) is 0.420. The third kappa shape index (κ3) is 5.42. The molecule has 0 aromatic heterocycles. The van der Waals surface area contributed by atoms with Crippen LogP contribution >= 0.6 is 0 Å². The number of nitrogens with one attached hydrogen (secondary N) is 2. The van der Waals surface area contributed by atoms with Gasteiger partial charge in [0.25, 0.3) is 11.8 Å². The molecule has 166 valence electrons. The minimum atomic E-state index is -0.700. The molecule has 1 aliphatic rings. The number of rotatable bonds is 8. The molecule has 4 N–H and O–H groups in total. The minimum absolute atomic E-state index is 0.00555. The van der Waals surface area contributed by atoms with E-state index in [2.05, 4.69) is 10.6 Å². The average molecular weight is 438 g/mol. The number of methoxy groups -OCH3 is 1. The second-order valence-corrected chi connectivity index (χ2v) is 6.96. The highest BCUT2D eigenvalue weighted by molar-refractivity contribution is 6.15. The number of primary amides is 1. The maximum atomic E-state index is 12.6. The van der Waals surface area contributed by atoms with Crippen molar-refractivity contribution in [1.82, 2.24) is 10.2 Å². The van der Waals surface area contributed by atoms with Gasteiger partial charge in [0.15, 0.2) is 18.1 Å². The summed E-state index contributed by atoms with van der Waals surface area (Å²) in [6, 6.07) is 11.2. The number of urea groups is 1. The first-order valence-corrected chi connectivity index (χ1v) is 9.57. The fourth-order valence-electron chi connectivity index (χ4n) is 2.90. The van der Waals surface area contributed by atoms with Crippen molar-refractivity contribution in [3.8, 4) is 11.5 Å². The lowest BCUT2D eigenvalue weighted by molar-refractivity contribution is -0.127. The van der Waals surface area contributed by atoms with Crippen molar-refractivity contribution in [3.63, 3.8) is 0 Å². The van der Waals surface area contributed by atoms with Crippen LogP contribution < -0.4 is 25.8 Å². The van der Waals surface area contributed by atoms with Crippen LogP contribution in [0.4, 0.5) is 10.5 Å². The minimum Gasteiger partial charge on any atom is -0.493 e. The predicted molar refractivity (Wildman–Crippen MR) is 116 cm³/mol. The SMILES string of the molecule is COc1cc(/C=C2/NC(=O)N(CC(=O)Nc3ccc(C)cc3)C2=O)ccc1OCC(N)=O. The van der Waals surface area contributed by atoms with Crippen molar-refractivity contribution in [3.05, 3.63) is 59.3 Å². The van der Waals surface area contributed by atoms with Gasteiger partial charge in [-0.25, -0.2) is 9.69 Å². The number of hydrogen-bond acceptors (Lipinski definition) is 6. The molecule has 0 bridgehead atoms. The monoisotopic (exact) mass is 438 g/mol. The predicted octanol–water partition coefficient (Wildman–Crippen LogP) is 1.40. The Kier molecular flexibility index (Phi) is 6.74. The number of carbonyl (C=O) groups is 4. The molecule has 10 heteroatoms. The van der Waals surface area contributed by atoms with Gasteiger partial charge >= 0.3 is 6.03 Å². The molecule has 1 fully saturated rings. The molecule has 5 amide bonds. The summed E-state index contributed by atoms with van der Waals surface area (Å²) in [4.78, 5) is 48.9. The number of hydrogen-bond donors (Lipinski definition) is 3. The lowest BCUT2D eigenvalue weighted by Crippen LogP contribution is -2.38. The lowest BCUT2D eigenvalue weighted by atomic mass is 10.1. The number of benzene rings is 2. The van der Waals surface area contributed by atoms with Crippen LogP contribution in [0.5, 0.6) is 11.5 Å². The van der Waals surface area contributed by atoms with Crippen molar-refractivity contribution in [2.45, 2.75) is 6.92 Å². The third-order valence-electron chi connectivity index (χ3n) is 4.47. The molecule has 1 heterocycles. The number of nitrogens with two attached hydrogens (primary N) is 1. The zero-order valence-electron chi connectivity index (χ0n) is 17.5. The van der Waals surface area contributed by atoms with Gasteiger partial charge in [0.05, 0.1) is 7.11 Å². The Morgan fingerprint density at radius 2 is 1.84 bits per heavy atom. The Bertz CT molecular complexity index is 1090. The molecular formula is C22H22N4O6. The molecule has 0 spiro atoms. The Labute approximate surface area is 184 Å². The first-order chi connectivity index (χ1) is 15.3. The van der Waals surface area contributed by atoms with E-state index >= 15 is 0 Å². The van der Waals surface area contributed by atoms with E-state index in [0.717, 1.165) is 10.5 Å². The van der Waals surface area contributed by atoms with Crippen LogP contribution in [0.25, 0.3) is 6.08 Å². The summed E-state index contributed by atoms with van der Waals surface area (Å²) in [5, 5.41) is 5.10. The highest BCUT2D eigenvalue weighted by Gasteiger charge is 2.35. The summed E-state index contributed by atoms with van der Waals surface area (Å²) >= 11 is 0. The Morgan fingerprint density at radius 3 is 2.50 bits per heavy atom. The number of anilines is 1. The maximum absolute atomic E-state index is 12.6. The Hall–Kier alpha value is -4.34. The first-order valence-electron chi connectivity index (χ1n) is 9.57. The summed E-state index contributed by atoms with van der Waals surface area (Å²) in [6.07, 6.45) is 1.44. The number of imide groups is 1. The zero-order chi connectivity index (χ0) is 23.3. The van der Waals surface area contributed by atoms with E-state index in [4.69, 9.17) is 15.2 Å². The molecule has 0 aliphatic carbocycles. The topological polar surface area (TPSA) is 140 Å². The van der Waals surface area contributed by atoms with Gasteiger partial charge in [0.2, 0.25) is 5.91 Å². The molecule has 1 saturated heterocycles. The van der Waals surface area contributed by atoms with Gasteiger partial charge in [-0.2, -0.15) is 0 Å². The number of amides is 5. The summed E-state index contributed by atoms with van der Waals surface area (Å²) in [6.45, 7) is 1.17. The molecule has 0 atom stereocenters. The summed E-state index contributed by atoms with van der Waals surface area (Å²) in [5.74, 6) is -1.17. The molecule has 2 aromatic carbocycles. The molecule has 32 heavy (non-hydrogen) atoms. The number of ether oxygens (including phenoxy) is 2. The highest BCUT2D eigenvalue weighted by Crippen LogP contribution is 2.29. The van der Waals surface area contributed by atoms with E-state index in [1.165, 1.54) is 13.2 Å². The maximum Gasteiger partial charge on any atom is 0.329 e. The van der Waals surface area contributed by atoms with Gasteiger partial charge in [0, 0.05) is 5.69 Å². The van der Waals surface area contributed by atoms with Gasteiger partial charge < -0.3 is 25.8 Å². The van der Waals surface area contributed by atoms with Gasteiger partial charge in [-0.15, -0.1) is 0 Å². The smallest absolute Gasteiger partial charge is 0.329 e. The van der Waals surface area contributed by atoms with Crippen LogP contribution in [0.3, 0.4) is 0 Å². The van der Waals surface area contributed by atoms with E-state index in [9.17, 15) is 19.2 Å². The molecule has 0 radical (unpaired) electrons. The van der Waals surface area contributed by atoms with Crippen molar-refractivity contribution < 1.29 is 28.7 Å². The van der Waals surface area contributed by atoms with Crippen LogP contribution in [-0.2, 0) is 14.4 Å². The largest absolute Gasteiger partial charge is 0.493 e. The van der Waals surface area contributed by atoms with Crippen LogP contribution in [0.2, 0.25) is 0 Å². The summed E-state index contributed by atoms with van der Waals surface area (Å²) in [7, 11) is 1.42. The van der Waals surface area contributed by atoms with Crippen molar-refractivity contribution in [2.75, 3.05) is 25.6 Å². The molecule has 10 nitrogen and oxygen atoms in total. The second kappa shape index (κ2) is 9.65. The Morgan fingerprint density at radius 1 is 1.12 bits per heavy atom. The van der Waals surface area contributed by atoms with Gasteiger partial charge in [-0.3, -0.25) is 14.4 Å². The average Bonchev–Trinajstić information content (AvgIpc) is 3.01. The summed E-state index contributed by atoms with van der Waals surface area (Å²) in [5.41, 5.74) is 7.21.